The quantitative estimate of drug-likeness (QED) is 0.268. The monoisotopic (exact) mass is 238 g/mol. The van der Waals surface area contributed by atoms with Crippen LogP contribution in [0.1, 0.15) is 91.4 Å². The SMILES string of the molecule is CCCCC=CC(C)CCCCCCCCC. The van der Waals surface area contributed by atoms with Crippen molar-refractivity contribution in [3.8, 4) is 0 Å². The number of hydrogen-bond acceptors (Lipinski definition) is 0. The minimum absolute atomic E-state index is 0.794. The first-order valence-electron chi connectivity index (χ1n) is 7.97. The molecule has 0 nitrogen and oxygen atoms in total. The summed E-state index contributed by atoms with van der Waals surface area (Å²) in [6, 6.07) is 0. The summed E-state index contributed by atoms with van der Waals surface area (Å²) in [5.74, 6) is 0.794. The Kier molecular flexibility index (Phi) is 13.6. The van der Waals surface area contributed by atoms with Crippen molar-refractivity contribution in [1.29, 1.82) is 0 Å². The first-order valence-corrected chi connectivity index (χ1v) is 7.97. The molecule has 1 unspecified atom stereocenters. The van der Waals surface area contributed by atoms with Crippen molar-refractivity contribution < 1.29 is 0 Å². The molecule has 0 rings (SSSR count). The Morgan fingerprint density at radius 1 is 0.765 bits per heavy atom. The van der Waals surface area contributed by atoms with Crippen LogP contribution in [0.2, 0.25) is 0 Å². The van der Waals surface area contributed by atoms with E-state index < -0.39 is 0 Å². The van der Waals surface area contributed by atoms with Gasteiger partial charge in [-0.25, -0.2) is 0 Å². The molecule has 0 aromatic rings. The number of hydrogen-bond donors (Lipinski definition) is 0. The van der Waals surface area contributed by atoms with Crippen LogP contribution in [-0.2, 0) is 0 Å². The number of allylic oxidation sites excluding steroid dienone is 2. The fraction of sp³-hybridized carbons (Fsp3) is 0.882. The molecule has 102 valence electrons. The lowest BCUT2D eigenvalue weighted by Crippen LogP contribution is -1.90. The van der Waals surface area contributed by atoms with Gasteiger partial charge in [0.15, 0.2) is 0 Å². The third-order valence-electron chi connectivity index (χ3n) is 3.45. The summed E-state index contributed by atoms with van der Waals surface area (Å²) in [4.78, 5) is 0. The lowest BCUT2D eigenvalue weighted by Gasteiger charge is -2.06. The van der Waals surface area contributed by atoms with Crippen molar-refractivity contribution in [2.75, 3.05) is 0 Å². The highest BCUT2D eigenvalue weighted by Crippen LogP contribution is 2.13. The molecule has 0 aromatic carbocycles. The van der Waals surface area contributed by atoms with Gasteiger partial charge in [-0.05, 0) is 18.8 Å². The Labute approximate surface area is 110 Å². The van der Waals surface area contributed by atoms with Crippen LogP contribution in [-0.4, -0.2) is 0 Å². The molecule has 0 bridgehead atoms. The second kappa shape index (κ2) is 13.8. The second-order valence-electron chi connectivity index (χ2n) is 5.46. The topological polar surface area (TPSA) is 0 Å². The molecule has 0 heterocycles. The van der Waals surface area contributed by atoms with Crippen molar-refractivity contribution in [2.45, 2.75) is 91.4 Å². The van der Waals surface area contributed by atoms with Gasteiger partial charge in [0.2, 0.25) is 0 Å². The molecule has 0 N–H and O–H groups in total. The van der Waals surface area contributed by atoms with Gasteiger partial charge in [0.1, 0.15) is 0 Å². The fourth-order valence-electron chi connectivity index (χ4n) is 2.17. The molecule has 0 radical (unpaired) electrons. The normalized spacial score (nSPS) is 13.4. The van der Waals surface area contributed by atoms with E-state index in [1.165, 1.54) is 70.6 Å². The zero-order chi connectivity index (χ0) is 12.8. The van der Waals surface area contributed by atoms with E-state index in [2.05, 4.69) is 32.9 Å². The van der Waals surface area contributed by atoms with E-state index in [1.807, 2.05) is 0 Å². The number of rotatable bonds is 12. The Balaban J connectivity index is 3.21. The van der Waals surface area contributed by atoms with Gasteiger partial charge in [-0.1, -0.05) is 90.7 Å². The van der Waals surface area contributed by atoms with E-state index in [1.54, 1.807) is 0 Å². The van der Waals surface area contributed by atoms with Crippen LogP contribution in [0.15, 0.2) is 12.2 Å². The molecule has 0 heteroatoms. The molecular weight excluding hydrogens is 204 g/mol. The van der Waals surface area contributed by atoms with Crippen LogP contribution < -0.4 is 0 Å². The van der Waals surface area contributed by atoms with E-state index in [0.29, 0.717) is 0 Å². The summed E-state index contributed by atoms with van der Waals surface area (Å²) in [7, 11) is 0. The van der Waals surface area contributed by atoms with Crippen molar-refractivity contribution >= 4 is 0 Å². The van der Waals surface area contributed by atoms with Gasteiger partial charge in [-0.2, -0.15) is 0 Å². The molecule has 0 aliphatic heterocycles. The minimum atomic E-state index is 0.794. The van der Waals surface area contributed by atoms with Crippen LogP contribution in [0.25, 0.3) is 0 Å². The second-order valence-corrected chi connectivity index (χ2v) is 5.46. The van der Waals surface area contributed by atoms with Gasteiger partial charge in [0.05, 0.1) is 0 Å². The fourth-order valence-corrected chi connectivity index (χ4v) is 2.17. The molecule has 1 atom stereocenters. The summed E-state index contributed by atoms with van der Waals surface area (Å²) < 4.78 is 0. The Morgan fingerprint density at radius 2 is 1.35 bits per heavy atom. The highest BCUT2D eigenvalue weighted by atomic mass is 14.0. The van der Waals surface area contributed by atoms with Gasteiger partial charge in [0.25, 0.3) is 0 Å². The van der Waals surface area contributed by atoms with E-state index >= 15 is 0 Å². The smallest absolute Gasteiger partial charge is 0.0262 e. The predicted octanol–water partition coefficient (Wildman–Crippen LogP) is 6.51. The third-order valence-corrected chi connectivity index (χ3v) is 3.45. The standard InChI is InChI=1S/C17H34/c1-4-6-8-10-11-12-14-16-17(3)15-13-9-7-5-2/h13,15,17H,4-12,14,16H2,1-3H3. The van der Waals surface area contributed by atoms with E-state index in [4.69, 9.17) is 0 Å². The van der Waals surface area contributed by atoms with Crippen LogP contribution in [0.3, 0.4) is 0 Å². The first kappa shape index (κ1) is 16.7. The Hall–Kier alpha value is -0.260. The summed E-state index contributed by atoms with van der Waals surface area (Å²) >= 11 is 0. The van der Waals surface area contributed by atoms with Crippen molar-refractivity contribution in [1.82, 2.24) is 0 Å². The molecule has 0 saturated heterocycles. The lowest BCUT2D eigenvalue weighted by molar-refractivity contribution is 0.536. The van der Waals surface area contributed by atoms with Gasteiger partial charge >= 0.3 is 0 Å². The van der Waals surface area contributed by atoms with Crippen LogP contribution in [0, 0.1) is 5.92 Å². The van der Waals surface area contributed by atoms with Crippen LogP contribution in [0.4, 0.5) is 0 Å². The van der Waals surface area contributed by atoms with Crippen molar-refractivity contribution in [2.24, 2.45) is 5.92 Å². The average molecular weight is 238 g/mol. The molecule has 0 aromatic heterocycles. The van der Waals surface area contributed by atoms with Gasteiger partial charge in [-0.3, -0.25) is 0 Å². The summed E-state index contributed by atoms with van der Waals surface area (Å²) in [6.45, 7) is 6.90. The highest BCUT2D eigenvalue weighted by Gasteiger charge is 1.97. The summed E-state index contributed by atoms with van der Waals surface area (Å²) in [5.41, 5.74) is 0. The van der Waals surface area contributed by atoms with Crippen LogP contribution >= 0.6 is 0 Å². The maximum atomic E-state index is 2.42. The largest absolute Gasteiger partial charge is 0.0883 e. The molecule has 0 fully saturated rings. The third kappa shape index (κ3) is 13.7. The summed E-state index contributed by atoms with van der Waals surface area (Å²) in [6.07, 6.45) is 20.1. The molecule has 0 amide bonds. The van der Waals surface area contributed by atoms with Crippen molar-refractivity contribution in [3.05, 3.63) is 12.2 Å². The van der Waals surface area contributed by atoms with Crippen LogP contribution in [0.5, 0.6) is 0 Å². The van der Waals surface area contributed by atoms with Gasteiger partial charge in [-0.15, -0.1) is 0 Å². The zero-order valence-corrected chi connectivity index (χ0v) is 12.5. The minimum Gasteiger partial charge on any atom is -0.0883 e. The van der Waals surface area contributed by atoms with E-state index in [0.717, 1.165) is 5.92 Å². The number of unbranched alkanes of at least 4 members (excludes halogenated alkanes) is 8. The zero-order valence-electron chi connectivity index (χ0n) is 12.5. The van der Waals surface area contributed by atoms with Gasteiger partial charge in [0, 0.05) is 0 Å². The van der Waals surface area contributed by atoms with Crippen molar-refractivity contribution in [3.63, 3.8) is 0 Å². The Morgan fingerprint density at radius 3 is 2.00 bits per heavy atom. The molecule has 17 heavy (non-hydrogen) atoms. The maximum Gasteiger partial charge on any atom is -0.0262 e. The van der Waals surface area contributed by atoms with Gasteiger partial charge < -0.3 is 0 Å². The summed E-state index contributed by atoms with van der Waals surface area (Å²) in [5, 5.41) is 0. The molecule has 0 spiro atoms. The highest BCUT2D eigenvalue weighted by molar-refractivity contribution is 4.86. The van der Waals surface area contributed by atoms with E-state index in [9.17, 15) is 0 Å². The predicted molar refractivity (Wildman–Crippen MR) is 80.4 cm³/mol. The first-order chi connectivity index (χ1) is 8.31. The molecule has 0 aliphatic carbocycles. The molecular formula is C17H34. The lowest BCUT2D eigenvalue weighted by atomic mass is 10.0. The maximum absolute atomic E-state index is 2.42. The Bertz CT molecular complexity index is 157. The molecule has 0 aliphatic rings. The molecule has 0 saturated carbocycles. The van der Waals surface area contributed by atoms with E-state index in [-0.39, 0.29) is 0 Å². The average Bonchev–Trinajstić information content (AvgIpc) is 2.33.